The van der Waals surface area contributed by atoms with Gasteiger partial charge in [-0.2, -0.15) is 0 Å². The summed E-state index contributed by atoms with van der Waals surface area (Å²) in [4.78, 5) is 10.0. The fourth-order valence-electron chi connectivity index (χ4n) is 0.272. The third-order valence-corrected chi connectivity index (χ3v) is 0.699. The Bertz CT molecular complexity index is 140. The van der Waals surface area contributed by atoms with Crippen molar-refractivity contribution in [1.82, 2.24) is 0 Å². The highest BCUT2D eigenvalue weighted by atomic mass is 16.3. The van der Waals surface area contributed by atoms with Gasteiger partial charge in [0.05, 0.1) is 6.10 Å². The minimum atomic E-state index is -0.780. The van der Waals surface area contributed by atoms with Crippen molar-refractivity contribution in [3.8, 4) is 0 Å². The molecule has 1 atom stereocenters. The Morgan fingerprint density at radius 1 is 1.78 bits per heavy atom. The number of aliphatic hydroxyl groups excluding tert-OH is 1. The maximum Gasteiger partial charge on any atom is 0.241 e. The summed E-state index contributed by atoms with van der Waals surface area (Å²) >= 11 is 0. The van der Waals surface area contributed by atoms with E-state index in [0.717, 1.165) is 6.08 Å². The minimum absolute atomic E-state index is 0.573. The van der Waals surface area contributed by atoms with Crippen molar-refractivity contribution in [2.75, 3.05) is 0 Å². The highest BCUT2D eigenvalue weighted by Gasteiger charge is 1.88. The van der Waals surface area contributed by atoms with Gasteiger partial charge < -0.3 is 10.8 Å². The molecule has 0 aliphatic rings. The smallest absolute Gasteiger partial charge is 0.241 e. The van der Waals surface area contributed by atoms with Gasteiger partial charge in [-0.15, -0.1) is 6.58 Å². The molecule has 0 aliphatic heterocycles. The molecule has 0 heterocycles. The second-order valence-electron chi connectivity index (χ2n) is 1.49. The van der Waals surface area contributed by atoms with Crippen LogP contribution < -0.4 is 5.73 Å². The topological polar surface area (TPSA) is 63.3 Å². The number of nitrogens with two attached hydrogens (primary N) is 1. The van der Waals surface area contributed by atoms with Gasteiger partial charge >= 0.3 is 0 Å². The molecule has 0 rings (SSSR count). The van der Waals surface area contributed by atoms with Crippen LogP contribution in [0, 0.1) is 0 Å². The van der Waals surface area contributed by atoms with Gasteiger partial charge in [0.25, 0.3) is 0 Å². The summed E-state index contributed by atoms with van der Waals surface area (Å²) in [6, 6.07) is 0. The molecule has 3 nitrogen and oxygen atoms in total. The van der Waals surface area contributed by atoms with Crippen molar-refractivity contribution in [1.29, 1.82) is 0 Å². The molecule has 50 valence electrons. The number of hydrogen-bond donors (Lipinski definition) is 2. The third kappa shape index (κ3) is 4.77. The van der Waals surface area contributed by atoms with Gasteiger partial charge in [-0.05, 0) is 6.08 Å². The molecule has 0 aliphatic carbocycles. The summed E-state index contributed by atoms with van der Waals surface area (Å²) in [6.07, 6.45) is 2.86. The number of rotatable bonds is 3. The monoisotopic (exact) mass is 127 g/mol. The molecule has 0 saturated carbocycles. The zero-order chi connectivity index (χ0) is 7.28. The van der Waals surface area contributed by atoms with Crippen molar-refractivity contribution in [3.05, 3.63) is 24.8 Å². The lowest BCUT2D eigenvalue weighted by molar-refractivity contribution is -0.113. The van der Waals surface area contributed by atoms with Crippen LogP contribution in [0.25, 0.3) is 0 Å². The number of hydrogen-bond acceptors (Lipinski definition) is 2. The molecule has 0 radical (unpaired) electrons. The van der Waals surface area contributed by atoms with Crippen molar-refractivity contribution in [3.63, 3.8) is 0 Å². The molecule has 0 saturated heterocycles. The molecule has 0 aromatic rings. The van der Waals surface area contributed by atoms with Crippen LogP contribution in [-0.2, 0) is 4.79 Å². The fraction of sp³-hybridized carbons (Fsp3) is 0.167. The number of aliphatic hydroxyl groups is 1. The van der Waals surface area contributed by atoms with Crippen LogP contribution >= 0.6 is 0 Å². The minimum Gasteiger partial charge on any atom is -0.385 e. The molecule has 0 fully saturated rings. The van der Waals surface area contributed by atoms with Crippen LogP contribution in [0.3, 0.4) is 0 Å². The van der Waals surface area contributed by atoms with Gasteiger partial charge in [0.2, 0.25) is 5.91 Å². The van der Waals surface area contributed by atoms with E-state index >= 15 is 0 Å². The van der Waals surface area contributed by atoms with Crippen LogP contribution in [0.15, 0.2) is 24.8 Å². The predicted molar refractivity (Wildman–Crippen MR) is 34.5 cm³/mol. The Morgan fingerprint density at radius 3 is 2.67 bits per heavy atom. The van der Waals surface area contributed by atoms with Crippen molar-refractivity contribution < 1.29 is 9.90 Å². The summed E-state index contributed by atoms with van der Waals surface area (Å²) < 4.78 is 0. The zero-order valence-electron chi connectivity index (χ0n) is 4.95. The summed E-state index contributed by atoms with van der Waals surface area (Å²) in [5.41, 5.74) is 4.72. The van der Waals surface area contributed by atoms with E-state index in [-0.39, 0.29) is 0 Å². The average Bonchev–Trinajstić information content (AvgIpc) is 1.83. The number of carbonyl (C=O) groups excluding carboxylic acids is 1. The van der Waals surface area contributed by atoms with E-state index in [1.54, 1.807) is 0 Å². The molecular formula is C6H9NO2. The summed E-state index contributed by atoms with van der Waals surface area (Å²) in [5.74, 6) is -0.573. The van der Waals surface area contributed by atoms with Gasteiger partial charge in [0.1, 0.15) is 0 Å². The van der Waals surface area contributed by atoms with Crippen LogP contribution in [-0.4, -0.2) is 17.1 Å². The van der Waals surface area contributed by atoms with E-state index in [9.17, 15) is 4.79 Å². The van der Waals surface area contributed by atoms with E-state index in [4.69, 9.17) is 10.8 Å². The first-order valence-corrected chi connectivity index (χ1v) is 2.45. The second-order valence-corrected chi connectivity index (χ2v) is 1.49. The SMILES string of the molecule is C=CC(O)/C=C/C(N)=O. The van der Waals surface area contributed by atoms with Gasteiger partial charge in [0.15, 0.2) is 0 Å². The van der Waals surface area contributed by atoms with Crippen LogP contribution in [0.2, 0.25) is 0 Å². The van der Waals surface area contributed by atoms with E-state index < -0.39 is 12.0 Å². The maximum absolute atomic E-state index is 10.0. The van der Waals surface area contributed by atoms with Crippen LogP contribution in [0.1, 0.15) is 0 Å². The van der Waals surface area contributed by atoms with Crippen LogP contribution in [0.5, 0.6) is 0 Å². The molecule has 0 aromatic carbocycles. The lowest BCUT2D eigenvalue weighted by atomic mass is 10.3. The largest absolute Gasteiger partial charge is 0.385 e. The zero-order valence-corrected chi connectivity index (χ0v) is 4.95. The standard InChI is InChI=1S/C6H9NO2/c1-2-5(8)3-4-6(7)9/h2-5,8H,1H2,(H2,7,9)/b4-3+. The first kappa shape index (κ1) is 7.91. The number of amides is 1. The lowest BCUT2D eigenvalue weighted by Crippen LogP contribution is -2.07. The third-order valence-electron chi connectivity index (χ3n) is 0.699. The van der Waals surface area contributed by atoms with Gasteiger partial charge in [-0.3, -0.25) is 4.79 Å². The van der Waals surface area contributed by atoms with E-state index in [1.165, 1.54) is 12.2 Å². The van der Waals surface area contributed by atoms with Gasteiger partial charge in [-0.25, -0.2) is 0 Å². The second kappa shape index (κ2) is 3.86. The Labute approximate surface area is 53.5 Å². The molecule has 3 N–H and O–H groups in total. The van der Waals surface area contributed by atoms with Gasteiger partial charge in [-0.1, -0.05) is 6.08 Å². The van der Waals surface area contributed by atoms with Crippen molar-refractivity contribution in [2.45, 2.75) is 6.10 Å². The summed E-state index contributed by atoms with van der Waals surface area (Å²) in [5, 5.41) is 8.69. The number of carbonyl (C=O) groups is 1. The van der Waals surface area contributed by atoms with Crippen molar-refractivity contribution in [2.24, 2.45) is 5.73 Å². The molecule has 9 heavy (non-hydrogen) atoms. The molecular weight excluding hydrogens is 118 g/mol. The quantitative estimate of drug-likeness (QED) is 0.399. The predicted octanol–water partition coefficient (Wildman–Crippen LogP) is -0.425. The normalized spacial score (nSPS) is 13.4. The van der Waals surface area contributed by atoms with Crippen LogP contribution in [0.4, 0.5) is 0 Å². The molecule has 0 aromatic heterocycles. The Morgan fingerprint density at radius 2 is 2.33 bits per heavy atom. The Kier molecular flexibility index (Phi) is 3.39. The van der Waals surface area contributed by atoms with Crippen molar-refractivity contribution >= 4 is 5.91 Å². The Hall–Kier alpha value is -1.09. The summed E-state index contributed by atoms with van der Waals surface area (Å²) in [7, 11) is 0. The molecule has 0 spiro atoms. The molecule has 1 unspecified atom stereocenters. The Balaban J connectivity index is 3.69. The highest BCUT2D eigenvalue weighted by Crippen LogP contribution is 1.84. The maximum atomic E-state index is 10.0. The average molecular weight is 127 g/mol. The highest BCUT2D eigenvalue weighted by molar-refractivity contribution is 5.85. The molecule has 0 bridgehead atoms. The van der Waals surface area contributed by atoms with E-state index in [0.29, 0.717) is 0 Å². The van der Waals surface area contributed by atoms with Gasteiger partial charge in [0, 0.05) is 6.08 Å². The van der Waals surface area contributed by atoms with E-state index in [2.05, 4.69) is 6.58 Å². The molecule has 3 heteroatoms. The first-order chi connectivity index (χ1) is 4.16. The number of primary amides is 1. The molecule has 1 amide bonds. The summed E-state index contributed by atoms with van der Waals surface area (Å²) in [6.45, 7) is 3.29. The fourth-order valence-corrected chi connectivity index (χ4v) is 0.272. The van der Waals surface area contributed by atoms with E-state index in [1.807, 2.05) is 0 Å². The first-order valence-electron chi connectivity index (χ1n) is 2.45. The lowest BCUT2D eigenvalue weighted by Gasteiger charge is -1.91.